The maximum absolute atomic E-state index is 11.7. The number of benzene rings is 1. The van der Waals surface area contributed by atoms with Crippen molar-refractivity contribution in [2.45, 2.75) is 18.8 Å². The molecular weight excluding hydrogens is 212 g/mol. The van der Waals surface area contributed by atoms with Crippen molar-refractivity contribution in [3.63, 3.8) is 0 Å². The van der Waals surface area contributed by atoms with Crippen molar-refractivity contribution in [3.05, 3.63) is 35.4 Å². The van der Waals surface area contributed by atoms with Crippen molar-refractivity contribution >= 4 is 5.78 Å². The van der Waals surface area contributed by atoms with Crippen molar-refractivity contribution in [3.8, 4) is 0 Å². The van der Waals surface area contributed by atoms with Gasteiger partial charge < -0.3 is 10.6 Å². The Labute approximate surface area is 103 Å². The SMILES string of the molecule is CNCC(=O)c1ccc(C2CCNCC2)cc1. The summed E-state index contributed by atoms with van der Waals surface area (Å²) >= 11 is 0. The Balaban J connectivity index is 2.04. The smallest absolute Gasteiger partial charge is 0.176 e. The summed E-state index contributed by atoms with van der Waals surface area (Å²) in [4.78, 5) is 11.7. The number of nitrogens with one attached hydrogen (secondary N) is 2. The van der Waals surface area contributed by atoms with Crippen LogP contribution < -0.4 is 10.6 Å². The van der Waals surface area contributed by atoms with E-state index in [2.05, 4.69) is 22.8 Å². The first-order valence-electron chi connectivity index (χ1n) is 6.29. The van der Waals surface area contributed by atoms with Crippen LogP contribution in [0.3, 0.4) is 0 Å². The van der Waals surface area contributed by atoms with Crippen LogP contribution in [0.1, 0.15) is 34.7 Å². The molecule has 0 bridgehead atoms. The van der Waals surface area contributed by atoms with Crippen LogP contribution in [-0.4, -0.2) is 32.5 Å². The first-order valence-corrected chi connectivity index (χ1v) is 6.29. The quantitative estimate of drug-likeness (QED) is 0.774. The van der Waals surface area contributed by atoms with Gasteiger partial charge in [0.1, 0.15) is 0 Å². The fraction of sp³-hybridized carbons (Fsp3) is 0.500. The van der Waals surface area contributed by atoms with E-state index >= 15 is 0 Å². The maximum atomic E-state index is 11.7. The van der Waals surface area contributed by atoms with Crippen LogP contribution in [0.2, 0.25) is 0 Å². The van der Waals surface area contributed by atoms with E-state index < -0.39 is 0 Å². The number of hydrogen-bond donors (Lipinski definition) is 2. The molecule has 1 heterocycles. The zero-order valence-electron chi connectivity index (χ0n) is 10.3. The molecule has 1 fully saturated rings. The number of carbonyl (C=O) groups is 1. The van der Waals surface area contributed by atoms with Gasteiger partial charge in [0.05, 0.1) is 6.54 Å². The van der Waals surface area contributed by atoms with Crippen molar-refractivity contribution in [1.82, 2.24) is 10.6 Å². The summed E-state index contributed by atoms with van der Waals surface area (Å²) in [6.45, 7) is 2.61. The Morgan fingerprint density at radius 2 is 1.94 bits per heavy atom. The van der Waals surface area contributed by atoms with Gasteiger partial charge >= 0.3 is 0 Å². The van der Waals surface area contributed by atoms with Crippen LogP contribution in [0, 0.1) is 0 Å². The maximum Gasteiger partial charge on any atom is 0.176 e. The third-order valence-electron chi connectivity index (χ3n) is 3.38. The number of hydrogen-bond acceptors (Lipinski definition) is 3. The summed E-state index contributed by atoms with van der Waals surface area (Å²) in [6.07, 6.45) is 2.40. The normalized spacial score (nSPS) is 17.0. The number of carbonyl (C=O) groups excluding carboxylic acids is 1. The van der Waals surface area contributed by atoms with Gasteiger partial charge in [0.15, 0.2) is 5.78 Å². The minimum Gasteiger partial charge on any atom is -0.317 e. The number of ketones is 1. The van der Waals surface area contributed by atoms with Crippen LogP contribution in [0.5, 0.6) is 0 Å². The highest BCUT2D eigenvalue weighted by molar-refractivity contribution is 5.97. The molecule has 92 valence electrons. The molecule has 0 unspecified atom stereocenters. The second-order valence-corrected chi connectivity index (χ2v) is 4.60. The molecule has 3 heteroatoms. The van der Waals surface area contributed by atoms with E-state index in [1.165, 1.54) is 18.4 Å². The van der Waals surface area contributed by atoms with E-state index in [4.69, 9.17) is 0 Å². The third kappa shape index (κ3) is 3.14. The van der Waals surface area contributed by atoms with Gasteiger partial charge in [-0.25, -0.2) is 0 Å². The molecule has 0 aromatic heterocycles. The number of likely N-dealkylation sites (N-methyl/N-ethyl adjacent to an activating group) is 1. The molecule has 2 N–H and O–H groups in total. The lowest BCUT2D eigenvalue weighted by Crippen LogP contribution is -2.26. The monoisotopic (exact) mass is 232 g/mol. The van der Waals surface area contributed by atoms with Crippen LogP contribution in [0.4, 0.5) is 0 Å². The van der Waals surface area contributed by atoms with Gasteiger partial charge in [0.25, 0.3) is 0 Å². The third-order valence-corrected chi connectivity index (χ3v) is 3.38. The fourth-order valence-electron chi connectivity index (χ4n) is 2.36. The molecule has 0 amide bonds. The molecule has 0 radical (unpaired) electrons. The molecule has 0 saturated carbocycles. The molecule has 2 rings (SSSR count). The van der Waals surface area contributed by atoms with Crippen LogP contribution in [0.15, 0.2) is 24.3 Å². The zero-order valence-corrected chi connectivity index (χ0v) is 10.3. The van der Waals surface area contributed by atoms with Gasteiger partial charge in [-0.15, -0.1) is 0 Å². The Hall–Kier alpha value is -1.19. The molecule has 0 atom stereocenters. The number of Topliss-reactive ketones (excluding diaryl/α,β-unsaturated/α-hetero) is 1. The molecule has 0 spiro atoms. The largest absolute Gasteiger partial charge is 0.317 e. The summed E-state index contributed by atoms with van der Waals surface area (Å²) in [7, 11) is 1.79. The lowest BCUT2D eigenvalue weighted by atomic mass is 9.89. The van der Waals surface area contributed by atoms with Gasteiger partial charge in [-0.3, -0.25) is 4.79 Å². The summed E-state index contributed by atoms with van der Waals surface area (Å²) in [5.74, 6) is 0.814. The molecule has 0 aliphatic carbocycles. The summed E-state index contributed by atoms with van der Waals surface area (Å²) in [5, 5.41) is 6.25. The van der Waals surface area contributed by atoms with Gasteiger partial charge in [-0.2, -0.15) is 0 Å². The molecule has 17 heavy (non-hydrogen) atoms. The number of piperidine rings is 1. The minimum atomic E-state index is 0.157. The van der Waals surface area contributed by atoms with E-state index in [1.807, 2.05) is 12.1 Å². The Morgan fingerprint density at radius 1 is 1.29 bits per heavy atom. The van der Waals surface area contributed by atoms with E-state index in [0.29, 0.717) is 12.5 Å². The lowest BCUT2D eigenvalue weighted by Gasteiger charge is -2.23. The highest BCUT2D eigenvalue weighted by Gasteiger charge is 2.15. The summed E-state index contributed by atoms with van der Waals surface area (Å²) < 4.78 is 0. The zero-order chi connectivity index (χ0) is 12.1. The minimum absolute atomic E-state index is 0.157. The molecule has 1 aliphatic rings. The fourth-order valence-corrected chi connectivity index (χ4v) is 2.36. The van der Waals surface area contributed by atoms with Crippen LogP contribution >= 0.6 is 0 Å². The highest BCUT2D eigenvalue weighted by Crippen LogP contribution is 2.25. The van der Waals surface area contributed by atoms with Crippen LogP contribution in [-0.2, 0) is 0 Å². The molecule has 1 saturated heterocycles. The molecule has 3 nitrogen and oxygen atoms in total. The predicted molar refractivity (Wildman–Crippen MR) is 69.5 cm³/mol. The van der Waals surface area contributed by atoms with Gasteiger partial charge in [0.2, 0.25) is 0 Å². The highest BCUT2D eigenvalue weighted by atomic mass is 16.1. The van der Waals surface area contributed by atoms with Crippen LogP contribution in [0.25, 0.3) is 0 Å². The first kappa shape index (κ1) is 12.3. The van der Waals surface area contributed by atoms with Crippen molar-refractivity contribution in [2.75, 3.05) is 26.7 Å². The molecule has 1 aromatic carbocycles. The Morgan fingerprint density at radius 3 is 2.53 bits per heavy atom. The van der Waals surface area contributed by atoms with E-state index in [1.54, 1.807) is 7.05 Å². The van der Waals surface area contributed by atoms with Gasteiger partial charge in [-0.05, 0) is 44.5 Å². The molecular formula is C14H20N2O. The van der Waals surface area contributed by atoms with E-state index in [9.17, 15) is 4.79 Å². The van der Waals surface area contributed by atoms with E-state index in [0.717, 1.165) is 18.7 Å². The van der Waals surface area contributed by atoms with Crippen molar-refractivity contribution in [1.29, 1.82) is 0 Å². The van der Waals surface area contributed by atoms with Crippen molar-refractivity contribution in [2.24, 2.45) is 0 Å². The standard InChI is InChI=1S/C14H20N2O/c1-15-10-14(17)13-4-2-11(3-5-13)12-6-8-16-9-7-12/h2-5,12,15-16H,6-10H2,1H3. The summed E-state index contributed by atoms with van der Waals surface area (Å²) in [5.41, 5.74) is 2.17. The average molecular weight is 232 g/mol. The van der Waals surface area contributed by atoms with Crippen molar-refractivity contribution < 1.29 is 4.79 Å². The van der Waals surface area contributed by atoms with E-state index in [-0.39, 0.29) is 5.78 Å². The molecule has 1 aromatic rings. The predicted octanol–water partition coefficient (Wildman–Crippen LogP) is 1.56. The van der Waals surface area contributed by atoms with Gasteiger partial charge in [0, 0.05) is 5.56 Å². The second-order valence-electron chi connectivity index (χ2n) is 4.60. The van der Waals surface area contributed by atoms with Gasteiger partial charge in [-0.1, -0.05) is 24.3 Å². The summed E-state index contributed by atoms with van der Waals surface area (Å²) in [6, 6.07) is 8.13. The first-order chi connectivity index (χ1) is 8.31. The average Bonchev–Trinajstić information content (AvgIpc) is 2.40. The topological polar surface area (TPSA) is 41.1 Å². The second kappa shape index (κ2) is 5.94. The Bertz CT molecular complexity index is 366. The molecule has 1 aliphatic heterocycles. The lowest BCUT2D eigenvalue weighted by molar-refractivity contribution is 0.0993. The number of rotatable bonds is 4. The Kier molecular flexibility index (Phi) is 4.29.